The molecule has 0 spiro atoms. The summed E-state index contributed by atoms with van der Waals surface area (Å²) in [5.74, 6) is -0.382. The number of morpholine rings is 1. The molecule has 0 unspecified atom stereocenters. The van der Waals surface area contributed by atoms with Gasteiger partial charge in [0.1, 0.15) is 5.82 Å². The van der Waals surface area contributed by atoms with Crippen molar-refractivity contribution in [2.45, 2.75) is 24.8 Å². The summed E-state index contributed by atoms with van der Waals surface area (Å²) in [4.78, 5) is 15.0. The molecule has 2 aromatic carbocycles. The summed E-state index contributed by atoms with van der Waals surface area (Å²) in [6.07, 6.45) is -0.125. The van der Waals surface area contributed by atoms with Crippen molar-refractivity contribution in [1.29, 1.82) is 0 Å². The van der Waals surface area contributed by atoms with Crippen molar-refractivity contribution in [3.8, 4) is 0 Å². The lowest BCUT2D eigenvalue weighted by atomic mass is 10.1. The first-order valence-corrected chi connectivity index (χ1v) is 11.7. The number of anilines is 1. The van der Waals surface area contributed by atoms with Crippen LogP contribution < -0.4 is 10.0 Å². The molecule has 1 amide bonds. The minimum atomic E-state index is -3.97. The molecule has 2 N–H and O–H groups in total. The Hall–Kier alpha value is -2.49. The van der Waals surface area contributed by atoms with Crippen molar-refractivity contribution >= 4 is 21.6 Å². The zero-order valence-corrected chi connectivity index (χ0v) is 18.5. The molecule has 1 heterocycles. The second-order valence-corrected chi connectivity index (χ2v) is 9.64. The predicted molar refractivity (Wildman–Crippen MR) is 117 cm³/mol. The monoisotopic (exact) mass is 449 g/mol. The van der Waals surface area contributed by atoms with Crippen molar-refractivity contribution in [2.24, 2.45) is 5.92 Å². The maximum absolute atomic E-state index is 13.1. The molecule has 31 heavy (non-hydrogen) atoms. The van der Waals surface area contributed by atoms with Crippen molar-refractivity contribution < 1.29 is 22.3 Å². The quantitative estimate of drug-likeness (QED) is 0.647. The van der Waals surface area contributed by atoms with Crippen LogP contribution in [0.25, 0.3) is 0 Å². The third-order valence-corrected chi connectivity index (χ3v) is 6.26. The summed E-state index contributed by atoms with van der Waals surface area (Å²) < 4.78 is 46.5. The van der Waals surface area contributed by atoms with Gasteiger partial charge in [0.05, 0.1) is 28.9 Å². The molecule has 7 nitrogen and oxygen atoms in total. The van der Waals surface area contributed by atoms with Gasteiger partial charge < -0.3 is 10.1 Å². The molecule has 1 aliphatic heterocycles. The number of halogens is 1. The molecule has 0 saturated carbocycles. The van der Waals surface area contributed by atoms with Gasteiger partial charge in [0, 0.05) is 26.2 Å². The van der Waals surface area contributed by atoms with Gasteiger partial charge in [-0.3, -0.25) is 14.4 Å². The van der Waals surface area contributed by atoms with Crippen LogP contribution in [0.15, 0.2) is 53.4 Å². The predicted octanol–water partition coefficient (Wildman–Crippen LogP) is 2.71. The van der Waals surface area contributed by atoms with E-state index in [-0.39, 0.29) is 22.3 Å². The number of benzene rings is 2. The van der Waals surface area contributed by atoms with E-state index in [1.54, 1.807) is 18.2 Å². The molecule has 0 aromatic heterocycles. The lowest BCUT2D eigenvalue weighted by Gasteiger charge is -2.34. The van der Waals surface area contributed by atoms with E-state index in [9.17, 15) is 17.6 Å². The maximum Gasteiger partial charge on any atom is 0.261 e. The minimum Gasteiger partial charge on any atom is -0.374 e. The number of hydrogen-bond acceptors (Lipinski definition) is 5. The van der Waals surface area contributed by atoms with Crippen LogP contribution in [0.2, 0.25) is 0 Å². The number of nitrogens with one attached hydrogen (secondary N) is 2. The van der Waals surface area contributed by atoms with Crippen molar-refractivity contribution in [2.75, 3.05) is 37.5 Å². The molecule has 0 radical (unpaired) electrons. The molecule has 2 aromatic rings. The number of carbonyl (C=O) groups is 1. The fourth-order valence-electron chi connectivity index (χ4n) is 3.48. The number of para-hydroxylation sites is 1. The Morgan fingerprint density at radius 1 is 1.19 bits per heavy atom. The minimum absolute atomic E-state index is 0.0926. The molecule has 1 aliphatic rings. The van der Waals surface area contributed by atoms with Gasteiger partial charge in [0.25, 0.3) is 15.9 Å². The van der Waals surface area contributed by atoms with Crippen LogP contribution in [0, 0.1) is 11.7 Å². The zero-order valence-electron chi connectivity index (χ0n) is 17.7. The van der Waals surface area contributed by atoms with Crippen molar-refractivity contribution in [3.05, 3.63) is 59.9 Å². The van der Waals surface area contributed by atoms with Gasteiger partial charge in [0.2, 0.25) is 0 Å². The molecule has 1 atom stereocenters. The molecule has 1 saturated heterocycles. The summed E-state index contributed by atoms with van der Waals surface area (Å²) >= 11 is 0. The van der Waals surface area contributed by atoms with E-state index < -0.39 is 21.7 Å². The largest absolute Gasteiger partial charge is 0.374 e. The standard InChI is InChI=1S/C22H28FN3O4S/c1-16(2)14-26-11-12-30-18(15-26)13-24-22(27)20-5-3-4-6-21(20)25-31(28,29)19-9-7-17(23)8-10-19/h3-10,16,18,25H,11-15H2,1-2H3,(H,24,27)/t18-/m0/s1. The number of sulfonamides is 1. The van der Waals surface area contributed by atoms with Crippen LogP contribution in [-0.2, 0) is 14.8 Å². The SMILES string of the molecule is CC(C)CN1CCO[C@@H](CNC(=O)c2ccccc2NS(=O)(=O)c2ccc(F)cc2)C1. The number of rotatable bonds is 8. The topological polar surface area (TPSA) is 87.7 Å². The van der Waals surface area contributed by atoms with Gasteiger partial charge in [-0.25, -0.2) is 12.8 Å². The van der Waals surface area contributed by atoms with Crippen LogP contribution >= 0.6 is 0 Å². The molecule has 3 rings (SSSR count). The zero-order chi connectivity index (χ0) is 22.4. The van der Waals surface area contributed by atoms with Crippen molar-refractivity contribution in [1.82, 2.24) is 10.2 Å². The summed E-state index contributed by atoms with van der Waals surface area (Å²) in [5.41, 5.74) is 0.346. The molecule has 0 bridgehead atoms. The first kappa shape index (κ1) is 23.2. The van der Waals surface area contributed by atoms with E-state index in [1.807, 2.05) is 0 Å². The van der Waals surface area contributed by atoms with Gasteiger partial charge in [0.15, 0.2) is 0 Å². The smallest absolute Gasteiger partial charge is 0.261 e. The molecule has 168 valence electrons. The summed E-state index contributed by atoms with van der Waals surface area (Å²) in [7, 11) is -3.97. The fraction of sp³-hybridized carbons (Fsp3) is 0.409. The van der Waals surface area contributed by atoms with E-state index >= 15 is 0 Å². The second-order valence-electron chi connectivity index (χ2n) is 7.96. The lowest BCUT2D eigenvalue weighted by molar-refractivity contribution is -0.0295. The molecular weight excluding hydrogens is 421 g/mol. The highest BCUT2D eigenvalue weighted by Gasteiger charge is 2.23. The number of nitrogens with zero attached hydrogens (tertiary/aromatic N) is 1. The Morgan fingerprint density at radius 2 is 1.90 bits per heavy atom. The normalized spacial score (nSPS) is 17.5. The highest BCUT2D eigenvalue weighted by atomic mass is 32.2. The van der Waals surface area contributed by atoms with E-state index in [4.69, 9.17) is 4.74 Å². The lowest BCUT2D eigenvalue weighted by Crippen LogP contribution is -2.48. The highest BCUT2D eigenvalue weighted by molar-refractivity contribution is 7.92. The van der Waals surface area contributed by atoms with E-state index in [2.05, 4.69) is 28.8 Å². The second kappa shape index (κ2) is 10.2. The first-order valence-electron chi connectivity index (χ1n) is 10.2. The Kier molecular flexibility index (Phi) is 7.64. The van der Waals surface area contributed by atoms with E-state index in [0.29, 0.717) is 19.1 Å². The number of hydrogen-bond donors (Lipinski definition) is 2. The molecule has 9 heteroatoms. The maximum atomic E-state index is 13.1. The highest BCUT2D eigenvalue weighted by Crippen LogP contribution is 2.20. The van der Waals surface area contributed by atoms with Gasteiger partial charge in [-0.1, -0.05) is 26.0 Å². The van der Waals surface area contributed by atoms with E-state index in [1.165, 1.54) is 18.2 Å². The Morgan fingerprint density at radius 3 is 2.61 bits per heavy atom. The number of carbonyl (C=O) groups excluding carboxylic acids is 1. The number of amides is 1. The third-order valence-electron chi connectivity index (χ3n) is 4.88. The van der Waals surface area contributed by atoms with E-state index in [0.717, 1.165) is 31.8 Å². The summed E-state index contributed by atoms with van der Waals surface area (Å²) in [6, 6.07) is 10.8. The first-order chi connectivity index (χ1) is 14.7. The Balaban J connectivity index is 1.65. The van der Waals surface area contributed by atoms with Crippen LogP contribution in [0.3, 0.4) is 0 Å². The average molecular weight is 450 g/mol. The van der Waals surface area contributed by atoms with Gasteiger partial charge in [-0.05, 0) is 42.3 Å². The van der Waals surface area contributed by atoms with Crippen LogP contribution in [0.4, 0.5) is 10.1 Å². The average Bonchev–Trinajstić information content (AvgIpc) is 2.72. The Labute approximate surface area is 182 Å². The third kappa shape index (κ3) is 6.49. The van der Waals surface area contributed by atoms with Crippen molar-refractivity contribution in [3.63, 3.8) is 0 Å². The Bertz CT molecular complexity index is 996. The van der Waals surface area contributed by atoms with Crippen LogP contribution in [-0.4, -0.2) is 58.1 Å². The van der Waals surface area contributed by atoms with Crippen LogP contribution in [0.5, 0.6) is 0 Å². The number of ether oxygens (including phenoxy) is 1. The van der Waals surface area contributed by atoms with Crippen LogP contribution in [0.1, 0.15) is 24.2 Å². The molecule has 0 aliphatic carbocycles. The summed E-state index contributed by atoms with van der Waals surface area (Å²) in [6.45, 7) is 7.84. The molecular formula is C22H28FN3O4S. The van der Waals surface area contributed by atoms with Gasteiger partial charge in [-0.2, -0.15) is 0 Å². The fourth-order valence-corrected chi connectivity index (χ4v) is 4.56. The van der Waals surface area contributed by atoms with Gasteiger partial charge in [-0.15, -0.1) is 0 Å². The molecule has 1 fully saturated rings. The van der Waals surface area contributed by atoms with Gasteiger partial charge >= 0.3 is 0 Å². The summed E-state index contributed by atoms with van der Waals surface area (Å²) in [5, 5.41) is 2.84.